The number of nitrogen functional groups attached to an aromatic ring is 1. The Morgan fingerprint density at radius 3 is 2.79 bits per heavy atom. The maximum Gasteiger partial charge on any atom is 0.225 e. The first-order chi connectivity index (χ1) is 15.8. The van der Waals surface area contributed by atoms with Crippen LogP contribution in [0, 0.1) is 5.92 Å². The fourth-order valence-electron chi connectivity index (χ4n) is 4.20. The minimum Gasteiger partial charge on any atom is -0.473 e. The highest BCUT2D eigenvalue weighted by molar-refractivity contribution is 5.56. The highest BCUT2D eigenvalue weighted by Gasteiger charge is 2.35. The van der Waals surface area contributed by atoms with Gasteiger partial charge in [0.05, 0.1) is 11.3 Å². The molecule has 0 aromatic carbocycles. The van der Waals surface area contributed by atoms with Crippen molar-refractivity contribution in [2.75, 3.05) is 31.2 Å². The molecule has 33 heavy (non-hydrogen) atoms. The third-order valence-corrected chi connectivity index (χ3v) is 6.31. The number of anilines is 2. The van der Waals surface area contributed by atoms with Crippen LogP contribution in [0.2, 0.25) is 0 Å². The molecule has 5 N–H and O–H groups in total. The third-order valence-electron chi connectivity index (χ3n) is 6.31. The van der Waals surface area contributed by atoms with Gasteiger partial charge in [-0.1, -0.05) is 32.9 Å². The van der Waals surface area contributed by atoms with Gasteiger partial charge in [0.15, 0.2) is 0 Å². The molecule has 2 aromatic heterocycles. The van der Waals surface area contributed by atoms with E-state index in [9.17, 15) is 0 Å². The first-order valence-corrected chi connectivity index (χ1v) is 11.7. The van der Waals surface area contributed by atoms with E-state index < -0.39 is 5.66 Å². The molecule has 180 valence electrons. The summed E-state index contributed by atoms with van der Waals surface area (Å²) in [6, 6.07) is 1.98. The highest BCUT2D eigenvalue weighted by Crippen LogP contribution is 2.33. The highest BCUT2D eigenvalue weighted by atomic mass is 16.5. The van der Waals surface area contributed by atoms with Gasteiger partial charge >= 0.3 is 0 Å². The van der Waals surface area contributed by atoms with Gasteiger partial charge in [0, 0.05) is 25.2 Å². The maximum absolute atomic E-state index is 6.43. The van der Waals surface area contributed by atoms with Gasteiger partial charge in [-0.25, -0.2) is 5.43 Å². The van der Waals surface area contributed by atoms with Crippen LogP contribution in [0.1, 0.15) is 63.5 Å². The van der Waals surface area contributed by atoms with Gasteiger partial charge in [-0.2, -0.15) is 9.97 Å². The van der Waals surface area contributed by atoms with Crippen LogP contribution in [0.4, 0.5) is 11.8 Å². The summed E-state index contributed by atoms with van der Waals surface area (Å²) in [5.74, 6) is 2.48. The largest absolute Gasteiger partial charge is 0.473 e. The van der Waals surface area contributed by atoms with Gasteiger partial charge in [-0.3, -0.25) is 0 Å². The lowest BCUT2D eigenvalue weighted by Crippen LogP contribution is -2.55. The molecule has 10 nitrogen and oxygen atoms in total. The van der Waals surface area contributed by atoms with Crippen LogP contribution in [-0.2, 0) is 6.42 Å². The molecule has 0 aliphatic carbocycles. The molecule has 2 unspecified atom stereocenters. The maximum atomic E-state index is 6.43. The molecule has 0 radical (unpaired) electrons. The van der Waals surface area contributed by atoms with Gasteiger partial charge in [-0.05, 0) is 44.3 Å². The number of nitrogens with one attached hydrogen (secondary N) is 3. The van der Waals surface area contributed by atoms with Crippen LogP contribution in [0.15, 0.2) is 22.9 Å². The van der Waals surface area contributed by atoms with Crippen LogP contribution in [0.25, 0.3) is 0 Å². The molecular weight excluding hydrogens is 420 g/mol. The quantitative estimate of drug-likeness (QED) is 0.471. The molecule has 10 heteroatoms. The molecule has 1 fully saturated rings. The average Bonchev–Trinajstić information content (AvgIpc) is 3.41. The van der Waals surface area contributed by atoms with E-state index in [0.29, 0.717) is 18.1 Å². The molecule has 4 heterocycles. The first-order valence-electron chi connectivity index (χ1n) is 11.7. The van der Waals surface area contributed by atoms with Crippen molar-refractivity contribution >= 4 is 11.8 Å². The summed E-state index contributed by atoms with van der Waals surface area (Å²) in [4.78, 5) is 11.3. The van der Waals surface area contributed by atoms with Crippen molar-refractivity contribution < 1.29 is 9.26 Å². The zero-order valence-corrected chi connectivity index (χ0v) is 20.2. The Morgan fingerprint density at radius 1 is 1.33 bits per heavy atom. The van der Waals surface area contributed by atoms with Crippen molar-refractivity contribution in [2.45, 2.75) is 64.6 Å². The number of likely N-dealkylation sites (N-methyl/N-ethyl adjacent to an activating group) is 1. The van der Waals surface area contributed by atoms with Gasteiger partial charge < -0.3 is 30.6 Å². The van der Waals surface area contributed by atoms with Crippen molar-refractivity contribution in [3.05, 3.63) is 35.4 Å². The van der Waals surface area contributed by atoms with E-state index >= 15 is 0 Å². The number of hydrogen-bond donors (Lipinski definition) is 4. The molecule has 0 amide bonds. The lowest BCUT2D eigenvalue weighted by molar-refractivity contribution is 0.0991. The fraction of sp³-hybridized carbons (Fsp3) is 0.609. The van der Waals surface area contributed by atoms with Gasteiger partial charge in [0.25, 0.3) is 0 Å². The second-order valence-corrected chi connectivity index (χ2v) is 9.66. The van der Waals surface area contributed by atoms with Gasteiger partial charge in [0.2, 0.25) is 11.8 Å². The summed E-state index contributed by atoms with van der Waals surface area (Å²) in [5, 5.41) is 7.77. The van der Waals surface area contributed by atoms with E-state index in [4.69, 9.17) is 15.0 Å². The minimum atomic E-state index is -0.539. The van der Waals surface area contributed by atoms with Crippen LogP contribution in [0.5, 0.6) is 5.88 Å². The van der Waals surface area contributed by atoms with Crippen LogP contribution in [-0.4, -0.2) is 51.9 Å². The fourth-order valence-corrected chi connectivity index (χ4v) is 4.20. The van der Waals surface area contributed by atoms with Crippen molar-refractivity contribution in [1.29, 1.82) is 0 Å². The molecule has 2 aliphatic heterocycles. The number of hydrogen-bond acceptors (Lipinski definition) is 10. The van der Waals surface area contributed by atoms with E-state index in [0.717, 1.165) is 42.9 Å². The van der Waals surface area contributed by atoms with Gasteiger partial charge in [-0.15, -0.1) is 0 Å². The SMILES string of the molecule is CC(C)c1cc(Cc2c(NC3(C(C)C)C=CNN3)nc(N)nc2OC2CCCN(C)C2)on1. The van der Waals surface area contributed by atoms with Crippen molar-refractivity contribution in [3.8, 4) is 5.88 Å². The lowest BCUT2D eigenvalue weighted by Gasteiger charge is -2.34. The smallest absolute Gasteiger partial charge is 0.225 e. The summed E-state index contributed by atoms with van der Waals surface area (Å²) in [7, 11) is 2.11. The Morgan fingerprint density at radius 2 is 2.15 bits per heavy atom. The van der Waals surface area contributed by atoms with E-state index in [1.807, 2.05) is 18.3 Å². The van der Waals surface area contributed by atoms with Crippen molar-refractivity contribution in [2.24, 2.45) is 5.92 Å². The third kappa shape index (κ3) is 5.22. The summed E-state index contributed by atoms with van der Waals surface area (Å²) < 4.78 is 12.1. The number of nitrogens with zero attached hydrogens (tertiary/aromatic N) is 4. The van der Waals surface area contributed by atoms with Crippen LogP contribution >= 0.6 is 0 Å². The molecular formula is C23H36N8O2. The Hall–Kier alpha value is -2.85. The predicted molar refractivity (Wildman–Crippen MR) is 128 cm³/mol. The number of nitrogens with two attached hydrogens (primary N) is 1. The van der Waals surface area contributed by atoms with Crippen molar-refractivity contribution in [1.82, 2.24) is 30.9 Å². The second kappa shape index (κ2) is 9.56. The minimum absolute atomic E-state index is 0.0378. The van der Waals surface area contributed by atoms with E-state index in [1.54, 1.807) is 0 Å². The number of rotatable bonds is 8. The summed E-state index contributed by atoms with van der Waals surface area (Å²) in [6.45, 7) is 10.4. The molecule has 2 aliphatic rings. The van der Waals surface area contributed by atoms with Crippen LogP contribution < -0.4 is 26.6 Å². The van der Waals surface area contributed by atoms with Crippen LogP contribution in [0.3, 0.4) is 0 Å². The topological polar surface area (TPSA) is 126 Å². The van der Waals surface area contributed by atoms with E-state index in [2.05, 4.69) is 70.9 Å². The van der Waals surface area contributed by atoms with E-state index in [1.165, 1.54) is 0 Å². The summed E-state index contributed by atoms with van der Waals surface area (Å²) >= 11 is 0. The number of likely N-dealkylation sites (tertiary alicyclic amines) is 1. The van der Waals surface area contributed by atoms with Crippen molar-refractivity contribution in [3.63, 3.8) is 0 Å². The zero-order valence-electron chi connectivity index (χ0n) is 20.2. The molecule has 1 saturated heterocycles. The molecule has 2 atom stereocenters. The Labute approximate surface area is 195 Å². The summed E-state index contributed by atoms with van der Waals surface area (Å²) in [6.07, 6.45) is 6.44. The molecule has 0 bridgehead atoms. The van der Waals surface area contributed by atoms with Gasteiger partial charge in [0.1, 0.15) is 23.3 Å². The normalized spacial score (nSPS) is 23.3. The Bertz CT molecular complexity index is 989. The molecule has 0 spiro atoms. The standard InChI is InChI=1S/C23H36N8O2/c1-14(2)19-12-17(33-29-19)11-18-20(28-23(15(3)4)8-9-25-30-23)26-22(24)27-21(18)32-16-7-6-10-31(5)13-16/h8-9,12,14-16,25,30H,6-7,10-11,13H2,1-5H3,(H3,24,26,27,28). The Balaban J connectivity index is 1.71. The number of aromatic nitrogens is 3. The monoisotopic (exact) mass is 456 g/mol. The lowest BCUT2D eigenvalue weighted by atomic mass is 9.96. The second-order valence-electron chi connectivity index (χ2n) is 9.66. The molecule has 4 rings (SSSR count). The van der Waals surface area contributed by atoms with E-state index in [-0.39, 0.29) is 23.9 Å². The number of piperidine rings is 1. The molecule has 0 saturated carbocycles. The Kier molecular flexibility index (Phi) is 6.76. The molecule has 2 aromatic rings. The summed E-state index contributed by atoms with van der Waals surface area (Å²) in [5.41, 5.74) is 13.7. The number of ether oxygens (including phenoxy) is 1. The zero-order chi connectivity index (χ0) is 23.6. The average molecular weight is 457 g/mol. The predicted octanol–water partition coefficient (Wildman–Crippen LogP) is 2.62. The first kappa shape index (κ1) is 23.3. The number of hydrazine groups is 1.